The van der Waals surface area contributed by atoms with Crippen LogP contribution in [0.15, 0.2) is 6.33 Å². The van der Waals surface area contributed by atoms with Crippen LogP contribution < -0.4 is 10.1 Å². The first-order valence-corrected chi connectivity index (χ1v) is 7.73. The number of carboxylic acids is 1. The lowest BCUT2D eigenvalue weighted by atomic mass is 10.2. The molecular weight excluding hydrogens is 306 g/mol. The Balaban J connectivity index is 2.17. The number of carbonyl (C=O) groups excluding carboxylic acids is 1. The van der Waals surface area contributed by atoms with Gasteiger partial charge in [-0.15, -0.1) is 11.3 Å². The van der Waals surface area contributed by atoms with Gasteiger partial charge in [-0.25, -0.2) is 9.97 Å². The van der Waals surface area contributed by atoms with Crippen LogP contribution in [-0.4, -0.2) is 40.1 Å². The van der Waals surface area contributed by atoms with Crippen molar-refractivity contribution in [1.82, 2.24) is 15.3 Å². The number of thiophene rings is 1. The molecule has 0 aliphatic carbocycles. The summed E-state index contributed by atoms with van der Waals surface area (Å²) in [6, 6.07) is 0. The quantitative estimate of drug-likeness (QED) is 0.756. The lowest BCUT2D eigenvalue weighted by Crippen LogP contribution is -2.24. The summed E-state index contributed by atoms with van der Waals surface area (Å²) in [4.78, 5) is 32.2. The van der Waals surface area contributed by atoms with Crippen LogP contribution in [0.25, 0.3) is 10.2 Å². The fourth-order valence-corrected chi connectivity index (χ4v) is 3.08. The molecule has 0 spiro atoms. The van der Waals surface area contributed by atoms with Crippen molar-refractivity contribution in [1.29, 1.82) is 0 Å². The van der Waals surface area contributed by atoms with Crippen LogP contribution in [-0.2, 0) is 4.79 Å². The highest BCUT2D eigenvalue weighted by molar-refractivity contribution is 7.20. The van der Waals surface area contributed by atoms with Crippen molar-refractivity contribution in [3.05, 3.63) is 16.8 Å². The van der Waals surface area contributed by atoms with Gasteiger partial charge in [0.1, 0.15) is 11.2 Å². The van der Waals surface area contributed by atoms with E-state index >= 15 is 0 Å². The summed E-state index contributed by atoms with van der Waals surface area (Å²) in [5.74, 6) is -0.622. The molecule has 0 bridgehead atoms. The molecule has 0 radical (unpaired) electrons. The van der Waals surface area contributed by atoms with E-state index in [9.17, 15) is 9.59 Å². The number of fused-ring (bicyclic) bond motifs is 1. The zero-order chi connectivity index (χ0) is 16.1. The number of aryl methyl sites for hydroxylation is 1. The Labute approximate surface area is 131 Å². The van der Waals surface area contributed by atoms with E-state index in [1.165, 1.54) is 17.7 Å². The minimum Gasteiger partial charge on any atom is -0.481 e. The van der Waals surface area contributed by atoms with E-state index in [4.69, 9.17) is 9.84 Å². The van der Waals surface area contributed by atoms with Crippen molar-refractivity contribution >= 4 is 33.4 Å². The van der Waals surface area contributed by atoms with Crippen molar-refractivity contribution < 1.29 is 19.4 Å². The number of hydrogen-bond donors (Lipinski definition) is 2. The first-order chi connectivity index (χ1) is 10.5. The molecule has 0 unspecified atom stereocenters. The summed E-state index contributed by atoms with van der Waals surface area (Å²) in [6.45, 7) is 4.50. The summed E-state index contributed by atoms with van der Waals surface area (Å²) in [6.07, 6.45) is 1.85. The number of rotatable bonds is 7. The van der Waals surface area contributed by atoms with Gasteiger partial charge in [-0.2, -0.15) is 0 Å². The molecule has 2 rings (SSSR count). The van der Waals surface area contributed by atoms with Gasteiger partial charge in [-0.1, -0.05) is 0 Å². The molecule has 2 aromatic heterocycles. The van der Waals surface area contributed by atoms with E-state index < -0.39 is 5.97 Å². The molecule has 0 atom stereocenters. The molecule has 2 N–H and O–H groups in total. The van der Waals surface area contributed by atoms with Gasteiger partial charge in [0.15, 0.2) is 0 Å². The average Bonchev–Trinajstić information content (AvgIpc) is 2.82. The number of carbonyl (C=O) groups is 2. The number of amides is 1. The van der Waals surface area contributed by atoms with Crippen LogP contribution in [0, 0.1) is 6.92 Å². The van der Waals surface area contributed by atoms with E-state index in [1.807, 2.05) is 13.8 Å². The zero-order valence-electron chi connectivity index (χ0n) is 12.4. The van der Waals surface area contributed by atoms with E-state index in [0.29, 0.717) is 35.2 Å². The van der Waals surface area contributed by atoms with E-state index in [1.54, 1.807) is 0 Å². The lowest BCUT2D eigenvalue weighted by molar-refractivity contribution is -0.137. The number of hydrogen-bond acceptors (Lipinski definition) is 6. The Morgan fingerprint density at radius 3 is 2.86 bits per heavy atom. The highest BCUT2D eigenvalue weighted by atomic mass is 32.1. The topological polar surface area (TPSA) is 101 Å². The zero-order valence-corrected chi connectivity index (χ0v) is 13.2. The molecule has 0 saturated heterocycles. The van der Waals surface area contributed by atoms with E-state index in [-0.39, 0.29) is 12.3 Å². The van der Waals surface area contributed by atoms with Gasteiger partial charge in [0.2, 0.25) is 5.88 Å². The first-order valence-electron chi connectivity index (χ1n) is 6.91. The highest BCUT2D eigenvalue weighted by Gasteiger charge is 2.19. The van der Waals surface area contributed by atoms with Crippen molar-refractivity contribution in [3.63, 3.8) is 0 Å². The summed E-state index contributed by atoms with van der Waals surface area (Å²) in [7, 11) is 0. The van der Waals surface area contributed by atoms with Crippen LogP contribution in [0.3, 0.4) is 0 Å². The minimum atomic E-state index is -0.871. The monoisotopic (exact) mass is 323 g/mol. The van der Waals surface area contributed by atoms with Crippen LogP contribution in [0.1, 0.15) is 35.0 Å². The molecule has 2 aromatic rings. The molecule has 0 saturated carbocycles. The Morgan fingerprint density at radius 1 is 1.41 bits per heavy atom. The fraction of sp³-hybridized carbons (Fsp3) is 0.429. The van der Waals surface area contributed by atoms with Gasteiger partial charge in [-0.05, 0) is 25.8 Å². The maximum Gasteiger partial charge on any atom is 0.303 e. The maximum atomic E-state index is 12.2. The Morgan fingerprint density at radius 2 is 2.18 bits per heavy atom. The average molecular weight is 323 g/mol. The Bertz CT molecular complexity index is 699. The summed E-state index contributed by atoms with van der Waals surface area (Å²) >= 11 is 1.28. The number of aromatic nitrogens is 2. The van der Waals surface area contributed by atoms with Gasteiger partial charge in [0.05, 0.1) is 16.9 Å². The van der Waals surface area contributed by atoms with Crippen molar-refractivity contribution in [2.24, 2.45) is 0 Å². The highest BCUT2D eigenvalue weighted by Crippen LogP contribution is 2.34. The molecule has 22 heavy (non-hydrogen) atoms. The molecule has 1 amide bonds. The normalized spacial score (nSPS) is 10.6. The molecule has 0 aliphatic rings. The minimum absolute atomic E-state index is 0.0334. The van der Waals surface area contributed by atoms with Gasteiger partial charge < -0.3 is 15.2 Å². The summed E-state index contributed by atoms with van der Waals surface area (Å²) in [5.41, 5.74) is 0.778. The third-order valence-electron chi connectivity index (χ3n) is 3.03. The smallest absolute Gasteiger partial charge is 0.303 e. The molecule has 2 heterocycles. The number of ether oxygens (including phenoxy) is 1. The maximum absolute atomic E-state index is 12.2. The molecule has 0 aliphatic heterocycles. The van der Waals surface area contributed by atoms with Gasteiger partial charge in [0.25, 0.3) is 5.91 Å². The van der Waals surface area contributed by atoms with Gasteiger partial charge in [0, 0.05) is 13.0 Å². The molecule has 0 fully saturated rings. The molecule has 7 nitrogen and oxygen atoms in total. The van der Waals surface area contributed by atoms with Crippen molar-refractivity contribution in [3.8, 4) is 5.88 Å². The predicted octanol–water partition coefficient (Wildman–Crippen LogP) is 1.99. The Kier molecular flexibility index (Phi) is 5.26. The number of aliphatic carboxylic acids is 1. The molecular formula is C14H17N3O4S. The van der Waals surface area contributed by atoms with Crippen LogP contribution in [0.4, 0.5) is 0 Å². The third kappa shape index (κ3) is 3.51. The van der Waals surface area contributed by atoms with Crippen LogP contribution in [0.5, 0.6) is 5.88 Å². The van der Waals surface area contributed by atoms with E-state index in [2.05, 4.69) is 15.3 Å². The predicted molar refractivity (Wildman–Crippen MR) is 82.5 cm³/mol. The molecule has 118 valence electrons. The SMILES string of the molecule is CCOc1ncnc2sc(C(=O)NCCCC(=O)O)c(C)c12. The third-order valence-corrected chi connectivity index (χ3v) is 4.23. The lowest BCUT2D eigenvalue weighted by Gasteiger charge is -2.04. The van der Waals surface area contributed by atoms with Crippen LogP contribution in [0.2, 0.25) is 0 Å². The number of nitrogens with one attached hydrogen (secondary N) is 1. The molecule has 0 aromatic carbocycles. The second kappa shape index (κ2) is 7.17. The second-order valence-corrected chi connectivity index (χ2v) is 5.60. The summed E-state index contributed by atoms with van der Waals surface area (Å²) in [5, 5.41) is 12.1. The molecule has 8 heteroatoms. The van der Waals surface area contributed by atoms with Gasteiger partial charge in [-0.3, -0.25) is 9.59 Å². The largest absolute Gasteiger partial charge is 0.481 e. The first kappa shape index (κ1) is 16.2. The number of carboxylic acid groups (broad SMARTS) is 1. The standard InChI is InChI=1S/C14H17N3O4S/c1-3-21-13-10-8(2)11(22-14(10)17-7-16-13)12(20)15-6-4-5-9(18)19/h7H,3-6H2,1-2H3,(H,15,20)(H,18,19). The second-order valence-electron chi connectivity index (χ2n) is 4.60. The van der Waals surface area contributed by atoms with Crippen LogP contribution >= 0.6 is 11.3 Å². The summed E-state index contributed by atoms with van der Waals surface area (Å²) < 4.78 is 5.48. The number of nitrogens with zero attached hydrogens (tertiary/aromatic N) is 2. The van der Waals surface area contributed by atoms with Crippen molar-refractivity contribution in [2.75, 3.05) is 13.2 Å². The van der Waals surface area contributed by atoms with Gasteiger partial charge >= 0.3 is 5.97 Å². The van der Waals surface area contributed by atoms with E-state index in [0.717, 1.165) is 10.9 Å². The Hall–Kier alpha value is -2.22. The fourth-order valence-electron chi connectivity index (χ4n) is 2.02. The van der Waals surface area contributed by atoms with Crippen molar-refractivity contribution in [2.45, 2.75) is 26.7 Å².